The molecule has 0 aliphatic carbocycles. The van der Waals surface area contributed by atoms with E-state index in [4.69, 9.17) is 18.9 Å². The molecule has 0 saturated carbocycles. The van der Waals surface area contributed by atoms with Crippen LogP contribution in [0.25, 0.3) is 0 Å². The van der Waals surface area contributed by atoms with Gasteiger partial charge in [-0.1, -0.05) is 0 Å². The van der Waals surface area contributed by atoms with Gasteiger partial charge in [0, 0.05) is 37.6 Å². The maximum absolute atomic E-state index is 13.5. The highest BCUT2D eigenvalue weighted by Gasteiger charge is 2.43. The number of rotatable bonds is 5. The zero-order valence-corrected chi connectivity index (χ0v) is 19.9. The molecular formula is C23H35N3O6. The normalized spacial score (nSPS) is 21.3. The molecule has 9 heteroatoms. The van der Waals surface area contributed by atoms with Crippen LogP contribution in [-0.4, -0.2) is 88.0 Å². The number of methoxy groups -OCH3 is 3. The lowest BCUT2D eigenvalue weighted by Crippen LogP contribution is -2.48. The molecule has 2 saturated heterocycles. The highest BCUT2D eigenvalue weighted by atomic mass is 16.5. The van der Waals surface area contributed by atoms with Crippen molar-refractivity contribution in [3.63, 3.8) is 0 Å². The zero-order chi connectivity index (χ0) is 23.5. The molecule has 0 radical (unpaired) electrons. The van der Waals surface area contributed by atoms with Gasteiger partial charge in [-0.15, -0.1) is 0 Å². The average molecular weight is 450 g/mol. The Balaban J connectivity index is 1.95. The van der Waals surface area contributed by atoms with Gasteiger partial charge in [0.15, 0.2) is 11.5 Å². The lowest BCUT2D eigenvalue weighted by molar-refractivity contribution is -0.139. The molecule has 0 unspecified atom stereocenters. The number of urea groups is 1. The Kier molecular flexibility index (Phi) is 7.38. The Morgan fingerprint density at radius 2 is 1.56 bits per heavy atom. The van der Waals surface area contributed by atoms with Crippen LogP contribution in [0, 0.1) is 5.92 Å². The summed E-state index contributed by atoms with van der Waals surface area (Å²) in [5.41, 5.74) is 0.503. The quantitative estimate of drug-likeness (QED) is 0.741. The van der Waals surface area contributed by atoms with Crippen LogP contribution < -0.4 is 19.5 Å². The Morgan fingerprint density at radius 3 is 2.06 bits per heavy atom. The van der Waals surface area contributed by atoms with Crippen LogP contribution in [0.3, 0.4) is 0 Å². The Labute approximate surface area is 189 Å². The van der Waals surface area contributed by atoms with Crippen LogP contribution in [0.15, 0.2) is 12.1 Å². The van der Waals surface area contributed by atoms with Crippen molar-refractivity contribution in [2.24, 2.45) is 5.92 Å². The van der Waals surface area contributed by atoms with Crippen molar-refractivity contribution in [1.29, 1.82) is 0 Å². The molecule has 2 aliphatic rings. The van der Waals surface area contributed by atoms with Crippen LogP contribution >= 0.6 is 0 Å². The summed E-state index contributed by atoms with van der Waals surface area (Å²) in [6.07, 6.45) is 0. The number of hydrogen-bond donors (Lipinski definition) is 1. The molecule has 0 aromatic heterocycles. The number of hydrogen-bond acceptors (Lipinski definition) is 6. The number of carbonyl (C=O) groups excluding carboxylic acids is 2. The summed E-state index contributed by atoms with van der Waals surface area (Å²) in [7, 11) is 4.68. The molecule has 178 valence electrons. The van der Waals surface area contributed by atoms with E-state index in [9.17, 15) is 9.59 Å². The molecule has 9 nitrogen and oxygen atoms in total. The second-order valence-corrected chi connectivity index (χ2v) is 9.19. The van der Waals surface area contributed by atoms with Crippen LogP contribution in [0.2, 0.25) is 0 Å². The molecule has 2 fully saturated rings. The lowest BCUT2D eigenvalue weighted by atomic mass is 9.87. The first kappa shape index (κ1) is 24.0. The van der Waals surface area contributed by atoms with Crippen molar-refractivity contribution in [2.45, 2.75) is 32.2 Å². The Morgan fingerprint density at radius 1 is 0.969 bits per heavy atom. The molecule has 0 spiro atoms. The number of benzene rings is 1. The van der Waals surface area contributed by atoms with Gasteiger partial charge >= 0.3 is 6.03 Å². The molecular weight excluding hydrogens is 414 g/mol. The van der Waals surface area contributed by atoms with Gasteiger partial charge in [0.05, 0.1) is 40.5 Å². The van der Waals surface area contributed by atoms with Gasteiger partial charge in [-0.25, -0.2) is 4.79 Å². The standard InChI is InChI=1S/C23H35N3O6/c1-23(2,3)24-22(28)26-13-16(17(14-26)21(27)25-7-9-32-10-8-25)15-11-18(29-4)20(31-6)19(12-15)30-5/h11-12,16-17H,7-10,13-14H2,1-6H3,(H,24,28)/t16-,17-/m1/s1. The number of morpholine rings is 1. The summed E-state index contributed by atoms with van der Waals surface area (Å²) in [5.74, 6) is 1.01. The minimum atomic E-state index is -0.373. The van der Waals surface area contributed by atoms with Crippen molar-refractivity contribution in [1.82, 2.24) is 15.1 Å². The average Bonchev–Trinajstić information content (AvgIpc) is 3.22. The van der Waals surface area contributed by atoms with E-state index in [-0.39, 0.29) is 29.3 Å². The topological polar surface area (TPSA) is 89.6 Å². The van der Waals surface area contributed by atoms with Crippen molar-refractivity contribution in [2.75, 3.05) is 60.7 Å². The van der Waals surface area contributed by atoms with E-state index < -0.39 is 0 Å². The number of amides is 3. The van der Waals surface area contributed by atoms with E-state index >= 15 is 0 Å². The summed E-state index contributed by atoms with van der Waals surface area (Å²) in [4.78, 5) is 30.0. The number of carbonyl (C=O) groups is 2. The first-order valence-corrected chi connectivity index (χ1v) is 10.9. The van der Waals surface area contributed by atoms with Gasteiger partial charge in [0.25, 0.3) is 0 Å². The molecule has 32 heavy (non-hydrogen) atoms. The Hall–Kier alpha value is -2.68. The smallest absolute Gasteiger partial charge is 0.317 e. The summed E-state index contributed by atoms with van der Waals surface area (Å²) in [6, 6.07) is 3.57. The van der Waals surface area contributed by atoms with Gasteiger partial charge in [0.1, 0.15) is 0 Å². The minimum Gasteiger partial charge on any atom is -0.493 e. The minimum absolute atomic E-state index is 0.0399. The highest BCUT2D eigenvalue weighted by molar-refractivity contribution is 5.83. The van der Waals surface area contributed by atoms with E-state index in [0.29, 0.717) is 56.6 Å². The Bertz CT molecular complexity index is 807. The first-order valence-electron chi connectivity index (χ1n) is 10.9. The van der Waals surface area contributed by atoms with Crippen molar-refractivity contribution < 1.29 is 28.5 Å². The maximum atomic E-state index is 13.5. The fourth-order valence-electron chi connectivity index (χ4n) is 4.29. The molecule has 3 amide bonds. The van der Waals surface area contributed by atoms with Gasteiger partial charge in [-0.05, 0) is 38.5 Å². The van der Waals surface area contributed by atoms with E-state index in [0.717, 1.165) is 5.56 Å². The van der Waals surface area contributed by atoms with Crippen LogP contribution in [0.5, 0.6) is 17.2 Å². The van der Waals surface area contributed by atoms with Crippen molar-refractivity contribution in [3.8, 4) is 17.2 Å². The molecule has 1 N–H and O–H groups in total. The van der Waals surface area contributed by atoms with Crippen molar-refractivity contribution >= 4 is 11.9 Å². The van der Waals surface area contributed by atoms with Gasteiger partial charge in [0.2, 0.25) is 11.7 Å². The SMILES string of the molecule is COc1cc([C@H]2CN(C(=O)NC(C)(C)C)C[C@H]2C(=O)N2CCOCC2)cc(OC)c1OC. The molecule has 1 aromatic carbocycles. The first-order chi connectivity index (χ1) is 15.2. The number of nitrogens with zero attached hydrogens (tertiary/aromatic N) is 2. The predicted molar refractivity (Wildman–Crippen MR) is 120 cm³/mol. The second-order valence-electron chi connectivity index (χ2n) is 9.19. The van der Waals surface area contributed by atoms with Crippen LogP contribution in [0.4, 0.5) is 4.79 Å². The number of likely N-dealkylation sites (tertiary alicyclic amines) is 1. The van der Waals surface area contributed by atoms with Crippen molar-refractivity contribution in [3.05, 3.63) is 17.7 Å². The molecule has 2 heterocycles. The van der Waals surface area contributed by atoms with E-state index in [1.165, 1.54) is 0 Å². The molecule has 3 rings (SSSR count). The molecule has 0 bridgehead atoms. The fourth-order valence-corrected chi connectivity index (χ4v) is 4.29. The van der Waals surface area contributed by atoms with E-state index in [2.05, 4.69) is 5.32 Å². The summed E-state index contributed by atoms with van der Waals surface area (Å²) in [6.45, 7) is 8.76. The number of ether oxygens (including phenoxy) is 4. The lowest BCUT2D eigenvalue weighted by Gasteiger charge is -2.31. The van der Waals surface area contributed by atoms with E-state index in [1.807, 2.05) is 37.8 Å². The van der Waals surface area contributed by atoms with Gasteiger partial charge in [-0.3, -0.25) is 4.79 Å². The molecule has 1 aromatic rings. The summed E-state index contributed by atoms with van der Waals surface area (Å²) >= 11 is 0. The van der Waals surface area contributed by atoms with Crippen LogP contribution in [0.1, 0.15) is 32.3 Å². The highest BCUT2D eigenvalue weighted by Crippen LogP contribution is 2.43. The summed E-state index contributed by atoms with van der Waals surface area (Å²) < 4.78 is 21.9. The molecule has 2 aliphatic heterocycles. The maximum Gasteiger partial charge on any atom is 0.317 e. The third-order valence-electron chi connectivity index (χ3n) is 5.84. The van der Waals surface area contributed by atoms with Gasteiger partial charge in [-0.2, -0.15) is 0 Å². The zero-order valence-electron chi connectivity index (χ0n) is 19.9. The van der Waals surface area contributed by atoms with Gasteiger partial charge < -0.3 is 34.1 Å². The number of nitrogens with one attached hydrogen (secondary N) is 1. The van der Waals surface area contributed by atoms with Crippen LogP contribution in [-0.2, 0) is 9.53 Å². The third-order valence-corrected chi connectivity index (χ3v) is 5.84. The monoisotopic (exact) mass is 449 g/mol. The molecule has 2 atom stereocenters. The predicted octanol–water partition coefficient (Wildman–Crippen LogP) is 2.09. The second kappa shape index (κ2) is 9.85. The van der Waals surface area contributed by atoms with E-state index in [1.54, 1.807) is 26.2 Å². The summed E-state index contributed by atoms with van der Waals surface area (Å²) in [5, 5.41) is 3.01. The third kappa shape index (κ3) is 5.20. The fraction of sp³-hybridized carbons (Fsp3) is 0.652. The largest absolute Gasteiger partial charge is 0.493 e.